The van der Waals surface area contributed by atoms with Crippen LogP contribution in [0.1, 0.15) is 33.8 Å². The van der Waals surface area contributed by atoms with Gasteiger partial charge in [-0.2, -0.15) is 0 Å². The fraction of sp³-hybridized carbons (Fsp3) is 0.269. The number of hydrogen-bond donors (Lipinski definition) is 4. The lowest BCUT2D eigenvalue weighted by Crippen LogP contribution is -2.42. The van der Waals surface area contributed by atoms with E-state index in [2.05, 4.69) is 17.4 Å². The van der Waals surface area contributed by atoms with Crippen molar-refractivity contribution >= 4 is 23.0 Å². The second-order valence-electron chi connectivity index (χ2n) is 8.65. The molecule has 3 atom stereocenters. The van der Waals surface area contributed by atoms with Crippen molar-refractivity contribution in [2.45, 2.75) is 31.4 Å². The van der Waals surface area contributed by atoms with Crippen molar-refractivity contribution in [1.29, 1.82) is 0 Å². The zero-order chi connectivity index (χ0) is 23.7. The van der Waals surface area contributed by atoms with Crippen LogP contribution in [-0.4, -0.2) is 36.6 Å². The molecule has 8 heteroatoms. The van der Waals surface area contributed by atoms with E-state index in [1.807, 2.05) is 12.1 Å². The van der Waals surface area contributed by atoms with Crippen LogP contribution in [0.25, 0.3) is 0 Å². The number of ether oxygens (including phenoxy) is 2. The summed E-state index contributed by atoms with van der Waals surface area (Å²) in [6.45, 7) is 1.09. The summed E-state index contributed by atoms with van der Waals surface area (Å²) in [7, 11) is 0. The van der Waals surface area contributed by atoms with E-state index in [1.54, 1.807) is 47.4 Å². The predicted octanol–water partition coefficient (Wildman–Crippen LogP) is 3.03. The molecule has 34 heavy (non-hydrogen) atoms. The van der Waals surface area contributed by atoms with Gasteiger partial charge in [0.25, 0.3) is 5.91 Å². The van der Waals surface area contributed by atoms with E-state index in [0.717, 1.165) is 12.0 Å². The third-order valence-corrected chi connectivity index (χ3v) is 6.24. The normalized spacial score (nSPS) is 19.6. The van der Waals surface area contributed by atoms with Crippen LogP contribution in [0.3, 0.4) is 0 Å². The summed E-state index contributed by atoms with van der Waals surface area (Å²) in [5.41, 5.74) is 16.2. The third kappa shape index (κ3) is 4.70. The zero-order valence-electron chi connectivity index (χ0n) is 18.7. The predicted molar refractivity (Wildman–Crippen MR) is 131 cm³/mol. The molecule has 1 unspecified atom stereocenters. The molecule has 1 fully saturated rings. The molecule has 176 valence electrons. The summed E-state index contributed by atoms with van der Waals surface area (Å²) in [6, 6.07) is 20.6. The minimum absolute atomic E-state index is 0.268. The Labute approximate surface area is 198 Å². The number of nitrogens with one attached hydrogen (secondary N) is 1. The summed E-state index contributed by atoms with van der Waals surface area (Å²) in [6.07, 6.45) is -0.114. The van der Waals surface area contributed by atoms with Crippen LogP contribution in [0.5, 0.6) is 5.75 Å². The molecule has 1 aliphatic heterocycles. The second-order valence-corrected chi connectivity index (χ2v) is 8.65. The van der Waals surface area contributed by atoms with E-state index in [-0.39, 0.29) is 18.6 Å². The summed E-state index contributed by atoms with van der Waals surface area (Å²) in [4.78, 5) is 14.4. The molecule has 1 heterocycles. The maximum atomic E-state index is 12.7. The number of para-hydroxylation sites is 2. The molecule has 1 amide bonds. The first-order valence-electron chi connectivity index (χ1n) is 11.3. The summed E-state index contributed by atoms with van der Waals surface area (Å²) in [5.74, 6) is 0.670. The molecule has 2 aliphatic rings. The average molecular weight is 461 g/mol. The number of fused-ring (bicyclic) bond motifs is 1. The second kappa shape index (κ2) is 9.34. The molecular formula is C26H28N4O4. The number of aliphatic hydroxyl groups is 1. The Hall–Kier alpha value is -3.59. The van der Waals surface area contributed by atoms with E-state index in [1.165, 1.54) is 5.56 Å². The van der Waals surface area contributed by atoms with Gasteiger partial charge in [-0.05, 0) is 47.9 Å². The number of amides is 1. The van der Waals surface area contributed by atoms with Gasteiger partial charge < -0.3 is 36.3 Å². The maximum Gasteiger partial charge on any atom is 0.255 e. The van der Waals surface area contributed by atoms with Crippen LogP contribution in [0.15, 0.2) is 66.7 Å². The summed E-state index contributed by atoms with van der Waals surface area (Å²) in [5, 5.41) is 13.5. The Morgan fingerprint density at radius 2 is 1.94 bits per heavy atom. The van der Waals surface area contributed by atoms with Crippen LogP contribution >= 0.6 is 0 Å². The molecule has 1 aliphatic carbocycles. The van der Waals surface area contributed by atoms with Gasteiger partial charge >= 0.3 is 0 Å². The molecule has 0 aromatic heterocycles. The van der Waals surface area contributed by atoms with Gasteiger partial charge in [0.1, 0.15) is 12.4 Å². The van der Waals surface area contributed by atoms with Crippen molar-refractivity contribution in [3.63, 3.8) is 0 Å². The number of nitrogen functional groups attached to an aromatic ring is 1. The molecule has 0 saturated heterocycles. The fourth-order valence-corrected chi connectivity index (χ4v) is 4.14. The fourth-order valence-electron chi connectivity index (χ4n) is 4.14. The molecule has 6 N–H and O–H groups in total. The number of nitrogens with zero attached hydrogens (tertiary/aromatic N) is 1. The van der Waals surface area contributed by atoms with Gasteiger partial charge in [-0.25, -0.2) is 0 Å². The quantitative estimate of drug-likeness (QED) is 0.316. The minimum atomic E-state index is -1.15. The van der Waals surface area contributed by atoms with Crippen molar-refractivity contribution in [3.05, 3.63) is 83.4 Å². The van der Waals surface area contributed by atoms with E-state index in [9.17, 15) is 9.90 Å². The average Bonchev–Trinajstić information content (AvgIpc) is 3.60. The van der Waals surface area contributed by atoms with Crippen LogP contribution in [0.4, 0.5) is 17.1 Å². The molecule has 0 radical (unpaired) electrons. The van der Waals surface area contributed by atoms with Gasteiger partial charge in [-0.15, -0.1) is 0 Å². The lowest BCUT2D eigenvalue weighted by Gasteiger charge is -2.34. The van der Waals surface area contributed by atoms with Crippen LogP contribution < -0.4 is 26.4 Å². The first kappa shape index (κ1) is 22.2. The van der Waals surface area contributed by atoms with E-state index < -0.39 is 6.41 Å². The zero-order valence-corrected chi connectivity index (χ0v) is 18.7. The Morgan fingerprint density at radius 3 is 2.68 bits per heavy atom. The molecule has 0 bridgehead atoms. The van der Waals surface area contributed by atoms with Gasteiger partial charge in [0.05, 0.1) is 30.2 Å². The molecule has 8 nitrogen and oxygen atoms in total. The van der Waals surface area contributed by atoms with Gasteiger partial charge in [-0.1, -0.05) is 36.4 Å². The molecule has 3 aromatic rings. The highest BCUT2D eigenvalue weighted by atomic mass is 16.6. The van der Waals surface area contributed by atoms with Gasteiger partial charge in [0.2, 0.25) is 6.41 Å². The Morgan fingerprint density at radius 1 is 1.18 bits per heavy atom. The number of aliphatic hydroxyl groups excluding tert-OH is 1. The summed E-state index contributed by atoms with van der Waals surface area (Å²) >= 11 is 0. The van der Waals surface area contributed by atoms with E-state index in [0.29, 0.717) is 47.4 Å². The first-order chi connectivity index (χ1) is 16.5. The largest absolute Gasteiger partial charge is 0.490 e. The van der Waals surface area contributed by atoms with E-state index >= 15 is 0 Å². The van der Waals surface area contributed by atoms with Crippen LogP contribution in [0, 0.1) is 0 Å². The Bertz CT molecular complexity index is 1180. The molecule has 1 saturated carbocycles. The molecule has 5 rings (SSSR count). The number of benzene rings is 3. The Balaban J connectivity index is 1.23. The SMILES string of the molecule is Nc1ccccc1NC(=O)c1ccc2c(c1)OCCN2C(O)OCc1ccc([C@H]2C[C@@H]2N)cc1. The first-order valence-corrected chi connectivity index (χ1v) is 11.3. The lowest BCUT2D eigenvalue weighted by atomic mass is 10.1. The molecular weight excluding hydrogens is 432 g/mol. The van der Waals surface area contributed by atoms with Gasteiger partial charge in [-0.3, -0.25) is 4.79 Å². The molecule has 3 aromatic carbocycles. The number of rotatable bonds is 7. The highest BCUT2D eigenvalue weighted by Gasteiger charge is 2.34. The number of anilines is 3. The standard InChI is InChI=1S/C26H28N4O4/c27-20-3-1-2-4-22(20)29-25(31)18-9-10-23-24(13-18)33-12-11-30(23)26(32)34-15-16-5-7-17(8-6-16)19-14-21(19)28/h1-10,13,19,21,26,32H,11-12,14-15,27-28H2,(H,29,31)/t19-,21+,26?/m1/s1. The van der Waals surface area contributed by atoms with Crippen molar-refractivity contribution < 1.29 is 19.4 Å². The number of hydrogen-bond acceptors (Lipinski definition) is 7. The minimum Gasteiger partial charge on any atom is -0.490 e. The van der Waals surface area contributed by atoms with Crippen molar-refractivity contribution in [2.24, 2.45) is 5.73 Å². The topological polar surface area (TPSA) is 123 Å². The third-order valence-electron chi connectivity index (χ3n) is 6.24. The molecule has 0 spiro atoms. The number of carbonyl (C=O) groups is 1. The van der Waals surface area contributed by atoms with Crippen molar-refractivity contribution in [1.82, 2.24) is 0 Å². The monoisotopic (exact) mass is 460 g/mol. The maximum absolute atomic E-state index is 12.7. The van der Waals surface area contributed by atoms with Gasteiger partial charge in [0.15, 0.2) is 0 Å². The van der Waals surface area contributed by atoms with Gasteiger partial charge in [0, 0.05) is 17.5 Å². The number of carbonyl (C=O) groups excluding carboxylic acids is 1. The lowest BCUT2D eigenvalue weighted by molar-refractivity contribution is -0.110. The van der Waals surface area contributed by atoms with E-state index in [4.69, 9.17) is 20.9 Å². The van der Waals surface area contributed by atoms with Crippen molar-refractivity contribution in [2.75, 3.05) is 29.1 Å². The highest BCUT2D eigenvalue weighted by molar-refractivity contribution is 6.06. The van der Waals surface area contributed by atoms with Crippen LogP contribution in [0.2, 0.25) is 0 Å². The van der Waals surface area contributed by atoms with Crippen molar-refractivity contribution in [3.8, 4) is 5.75 Å². The highest BCUT2D eigenvalue weighted by Crippen LogP contribution is 2.39. The van der Waals surface area contributed by atoms with Crippen LogP contribution in [-0.2, 0) is 11.3 Å². The summed E-state index contributed by atoms with van der Waals surface area (Å²) < 4.78 is 11.5. The number of nitrogens with two attached hydrogens (primary N) is 2. The Kier molecular flexibility index (Phi) is 6.10. The smallest absolute Gasteiger partial charge is 0.255 e.